The zero-order chi connectivity index (χ0) is 16.7. The van der Waals surface area contributed by atoms with E-state index < -0.39 is 5.82 Å². The summed E-state index contributed by atoms with van der Waals surface area (Å²) in [6.45, 7) is 2.12. The number of benzene rings is 1. The Balaban J connectivity index is 1.62. The zero-order valence-electron chi connectivity index (χ0n) is 13.0. The number of rotatable bonds is 2. The van der Waals surface area contributed by atoms with Gasteiger partial charge in [-0.05, 0) is 37.2 Å². The minimum Gasteiger partial charge on any atom is -0.375 e. The first kappa shape index (κ1) is 15.7. The molecular weight excluding hydrogens is 333 g/mol. The number of amides is 1. The van der Waals surface area contributed by atoms with Crippen molar-refractivity contribution in [2.24, 2.45) is 0 Å². The monoisotopic (exact) mass is 351 g/mol. The van der Waals surface area contributed by atoms with Gasteiger partial charge in [0.15, 0.2) is 4.77 Å². The lowest BCUT2D eigenvalue weighted by molar-refractivity contribution is -0.0867. The number of H-pyrrole nitrogens is 2. The average molecular weight is 351 g/mol. The molecule has 2 atom stereocenters. The Kier molecular flexibility index (Phi) is 4.11. The molecule has 1 amide bonds. The van der Waals surface area contributed by atoms with E-state index in [4.69, 9.17) is 21.7 Å². The molecule has 1 aromatic carbocycles. The Bertz CT molecular complexity index is 828. The molecule has 0 bridgehead atoms. The van der Waals surface area contributed by atoms with E-state index in [2.05, 4.69) is 9.97 Å². The molecule has 4 rings (SSSR count). The molecule has 2 aliphatic heterocycles. The van der Waals surface area contributed by atoms with Gasteiger partial charge in [-0.25, -0.2) is 4.39 Å². The third-order valence-electron chi connectivity index (χ3n) is 4.58. The molecule has 2 unspecified atom stereocenters. The number of imidazole rings is 1. The average Bonchev–Trinajstić information content (AvgIpc) is 3.22. The van der Waals surface area contributed by atoms with E-state index in [-0.39, 0.29) is 23.7 Å². The van der Waals surface area contributed by atoms with Crippen molar-refractivity contribution in [3.05, 3.63) is 28.3 Å². The first-order chi connectivity index (χ1) is 11.6. The summed E-state index contributed by atoms with van der Waals surface area (Å²) in [6, 6.07) is 2.58. The quantitative estimate of drug-likeness (QED) is 0.815. The fourth-order valence-corrected chi connectivity index (χ4v) is 3.64. The van der Waals surface area contributed by atoms with Crippen molar-refractivity contribution in [2.75, 3.05) is 26.3 Å². The summed E-state index contributed by atoms with van der Waals surface area (Å²) in [5.74, 6) is -0.698. The van der Waals surface area contributed by atoms with Crippen LogP contribution >= 0.6 is 12.2 Å². The molecule has 128 valence electrons. The van der Waals surface area contributed by atoms with Crippen molar-refractivity contribution >= 4 is 29.2 Å². The molecule has 2 fully saturated rings. The number of carbonyl (C=O) groups is 1. The summed E-state index contributed by atoms with van der Waals surface area (Å²) >= 11 is 5.06. The molecule has 6 nitrogen and oxygen atoms in total. The van der Waals surface area contributed by atoms with Gasteiger partial charge < -0.3 is 24.3 Å². The number of hydrogen-bond acceptors (Lipinski definition) is 4. The summed E-state index contributed by atoms with van der Waals surface area (Å²) in [7, 11) is 0. The van der Waals surface area contributed by atoms with Gasteiger partial charge in [-0.3, -0.25) is 4.79 Å². The highest BCUT2D eigenvalue weighted by Gasteiger charge is 2.33. The fraction of sp³-hybridized carbons (Fsp3) is 0.500. The summed E-state index contributed by atoms with van der Waals surface area (Å²) < 4.78 is 25.7. The molecule has 2 N–H and O–H groups in total. The smallest absolute Gasteiger partial charge is 0.256 e. The number of nitrogens with zero attached hydrogens (tertiary/aromatic N) is 1. The first-order valence-electron chi connectivity index (χ1n) is 8.06. The van der Waals surface area contributed by atoms with Crippen LogP contribution in [0.5, 0.6) is 0 Å². The standard InChI is InChI=1S/C16H18FN3O3S/c17-9-6-10(14-11(7-9)18-16(24)19-14)15(21)20-3-5-23-13(8-20)12-2-1-4-22-12/h6-7,12-13H,1-5,8H2,(H2,18,19,24). The van der Waals surface area contributed by atoms with Gasteiger partial charge in [-0.15, -0.1) is 0 Å². The molecule has 0 spiro atoms. The molecule has 24 heavy (non-hydrogen) atoms. The molecule has 0 radical (unpaired) electrons. The van der Waals surface area contributed by atoms with Gasteiger partial charge in [0.1, 0.15) is 11.9 Å². The number of halogens is 1. The Morgan fingerprint density at radius 3 is 2.88 bits per heavy atom. The summed E-state index contributed by atoms with van der Waals surface area (Å²) in [4.78, 5) is 20.4. The first-order valence-corrected chi connectivity index (χ1v) is 8.46. The molecule has 1 aromatic heterocycles. The Hall–Kier alpha value is -1.77. The highest BCUT2D eigenvalue weighted by Crippen LogP contribution is 2.24. The molecule has 2 saturated heterocycles. The van der Waals surface area contributed by atoms with Crippen LogP contribution in [0.3, 0.4) is 0 Å². The van der Waals surface area contributed by atoms with Crippen LogP contribution in [0.25, 0.3) is 11.0 Å². The third kappa shape index (κ3) is 2.85. The van der Waals surface area contributed by atoms with Crippen LogP contribution in [0.1, 0.15) is 23.2 Å². The largest absolute Gasteiger partial charge is 0.375 e. The van der Waals surface area contributed by atoms with Gasteiger partial charge in [-0.1, -0.05) is 0 Å². The number of aromatic amines is 2. The van der Waals surface area contributed by atoms with Crippen molar-refractivity contribution < 1.29 is 18.7 Å². The summed E-state index contributed by atoms with van der Waals surface area (Å²) in [5, 5.41) is 0. The van der Waals surface area contributed by atoms with Gasteiger partial charge in [0, 0.05) is 19.7 Å². The van der Waals surface area contributed by atoms with Crippen molar-refractivity contribution in [2.45, 2.75) is 25.0 Å². The second kappa shape index (κ2) is 6.27. The maximum atomic E-state index is 13.9. The molecule has 0 saturated carbocycles. The number of fused-ring (bicyclic) bond motifs is 1. The maximum Gasteiger partial charge on any atom is 0.256 e. The molecule has 2 aromatic rings. The van der Waals surface area contributed by atoms with E-state index in [9.17, 15) is 9.18 Å². The predicted octanol–water partition coefficient (Wildman–Crippen LogP) is 2.38. The topological polar surface area (TPSA) is 70.4 Å². The van der Waals surface area contributed by atoms with Crippen LogP contribution < -0.4 is 0 Å². The van der Waals surface area contributed by atoms with Crippen LogP contribution in [0.2, 0.25) is 0 Å². The Morgan fingerprint density at radius 2 is 2.08 bits per heavy atom. The van der Waals surface area contributed by atoms with Crippen molar-refractivity contribution in [1.29, 1.82) is 0 Å². The number of carbonyl (C=O) groups excluding carboxylic acids is 1. The van der Waals surface area contributed by atoms with Crippen LogP contribution in [0, 0.1) is 10.6 Å². The van der Waals surface area contributed by atoms with Gasteiger partial charge in [0.05, 0.1) is 29.3 Å². The molecular formula is C16H18FN3O3S. The SMILES string of the molecule is O=C(c1cc(F)cc2[nH]c(=S)[nH]c12)N1CCOC(C2CCCO2)C1. The van der Waals surface area contributed by atoms with Crippen LogP contribution in [0.15, 0.2) is 12.1 Å². The van der Waals surface area contributed by atoms with Crippen LogP contribution in [-0.2, 0) is 9.47 Å². The number of aromatic nitrogens is 2. The van der Waals surface area contributed by atoms with E-state index >= 15 is 0 Å². The Morgan fingerprint density at radius 1 is 1.25 bits per heavy atom. The van der Waals surface area contributed by atoms with E-state index in [1.54, 1.807) is 4.90 Å². The third-order valence-corrected chi connectivity index (χ3v) is 4.78. The Labute approximate surface area is 142 Å². The van der Waals surface area contributed by atoms with Crippen molar-refractivity contribution in [1.82, 2.24) is 14.9 Å². The van der Waals surface area contributed by atoms with Gasteiger partial charge >= 0.3 is 0 Å². The molecule has 3 heterocycles. The van der Waals surface area contributed by atoms with Crippen LogP contribution in [-0.4, -0.2) is 59.3 Å². The van der Waals surface area contributed by atoms with E-state index in [1.807, 2.05) is 0 Å². The zero-order valence-corrected chi connectivity index (χ0v) is 13.8. The van der Waals surface area contributed by atoms with Crippen LogP contribution in [0.4, 0.5) is 4.39 Å². The summed E-state index contributed by atoms with van der Waals surface area (Å²) in [5.41, 5.74) is 1.31. The highest BCUT2D eigenvalue weighted by atomic mass is 32.1. The fourth-order valence-electron chi connectivity index (χ4n) is 3.43. The maximum absolute atomic E-state index is 13.9. The van der Waals surface area contributed by atoms with E-state index in [1.165, 1.54) is 12.1 Å². The second-order valence-corrected chi connectivity index (χ2v) is 6.58. The lowest BCUT2D eigenvalue weighted by atomic mass is 10.1. The lowest BCUT2D eigenvalue weighted by Gasteiger charge is -2.35. The van der Waals surface area contributed by atoms with E-state index in [0.717, 1.165) is 19.4 Å². The van der Waals surface area contributed by atoms with Crippen molar-refractivity contribution in [3.8, 4) is 0 Å². The molecule has 0 aliphatic carbocycles. The second-order valence-electron chi connectivity index (χ2n) is 6.17. The minimum absolute atomic E-state index is 0.0335. The van der Waals surface area contributed by atoms with Gasteiger partial charge in [-0.2, -0.15) is 0 Å². The number of morpholine rings is 1. The molecule has 8 heteroatoms. The lowest BCUT2D eigenvalue weighted by Crippen LogP contribution is -2.49. The highest BCUT2D eigenvalue weighted by molar-refractivity contribution is 7.71. The van der Waals surface area contributed by atoms with E-state index in [0.29, 0.717) is 35.5 Å². The van der Waals surface area contributed by atoms with Gasteiger partial charge in [0.25, 0.3) is 5.91 Å². The number of ether oxygens (including phenoxy) is 2. The minimum atomic E-state index is -0.472. The number of nitrogens with one attached hydrogen (secondary N) is 2. The van der Waals surface area contributed by atoms with Gasteiger partial charge in [0.2, 0.25) is 0 Å². The number of hydrogen-bond donors (Lipinski definition) is 2. The molecule has 2 aliphatic rings. The summed E-state index contributed by atoms with van der Waals surface area (Å²) in [6.07, 6.45) is 1.87. The normalized spacial score (nSPS) is 24.6. The predicted molar refractivity (Wildman–Crippen MR) is 88.1 cm³/mol. The van der Waals surface area contributed by atoms with Crippen molar-refractivity contribution in [3.63, 3.8) is 0 Å².